The van der Waals surface area contributed by atoms with Gasteiger partial charge in [0.15, 0.2) is 6.35 Å². The van der Waals surface area contributed by atoms with Crippen molar-refractivity contribution in [3.05, 3.63) is 10.7 Å². The highest BCUT2D eigenvalue weighted by molar-refractivity contribution is 6.29. The lowest BCUT2D eigenvalue weighted by molar-refractivity contribution is -0.0186. The molecule has 0 radical (unpaired) electrons. The zero-order chi connectivity index (χ0) is 10.7. The fourth-order valence-corrected chi connectivity index (χ4v) is 1.88. The molecule has 0 spiro atoms. The standard InChI is InChI=1S/C9H17ClN2O2/c1-5(2)6-7(10)11-9(14-4)12-8(6)13-3/h5,8-9,11-12H,1-4H3. The van der Waals surface area contributed by atoms with Crippen LogP contribution in [-0.2, 0) is 9.47 Å². The molecule has 0 aromatic carbocycles. The van der Waals surface area contributed by atoms with Crippen molar-refractivity contribution < 1.29 is 9.47 Å². The van der Waals surface area contributed by atoms with E-state index in [-0.39, 0.29) is 12.6 Å². The Balaban J connectivity index is 2.86. The monoisotopic (exact) mass is 220 g/mol. The third-order valence-electron chi connectivity index (χ3n) is 2.19. The predicted octanol–water partition coefficient (Wildman–Crippen LogP) is 1.19. The summed E-state index contributed by atoms with van der Waals surface area (Å²) in [6.07, 6.45) is -0.483. The van der Waals surface area contributed by atoms with Gasteiger partial charge in [0.05, 0.1) is 0 Å². The summed E-state index contributed by atoms with van der Waals surface area (Å²) >= 11 is 6.09. The van der Waals surface area contributed by atoms with Crippen LogP contribution in [0.15, 0.2) is 10.7 Å². The largest absolute Gasteiger partial charge is 0.362 e. The van der Waals surface area contributed by atoms with Crippen molar-refractivity contribution >= 4 is 11.6 Å². The first-order chi connectivity index (χ1) is 6.60. The van der Waals surface area contributed by atoms with Crippen molar-refractivity contribution in [2.75, 3.05) is 14.2 Å². The maximum atomic E-state index is 6.09. The minimum absolute atomic E-state index is 0.186. The van der Waals surface area contributed by atoms with Gasteiger partial charge in [-0.2, -0.15) is 0 Å². The number of rotatable bonds is 3. The van der Waals surface area contributed by atoms with Crippen LogP contribution in [0.25, 0.3) is 0 Å². The average Bonchev–Trinajstić information content (AvgIpc) is 2.15. The Kier molecular flexibility index (Phi) is 4.19. The fourth-order valence-electron chi connectivity index (χ4n) is 1.46. The molecule has 14 heavy (non-hydrogen) atoms. The Hall–Kier alpha value is -0.290. The molecule has 0 amide bonds. The number of methoxy groups -OCH3 is 2. The van der Waals surface area contributed by atoms with E-state index in [1.165, 1.54) is 0 Å². The van der Waals surface area contributed by atoms with Gasteiger partial charge in [-0.25, -0.2) is 5.32 Å². The average molecular weight is 221 g/mol. The van der Waals surface area contributed by atoms with Gasteiger partial charge in [0.2, 0.25) is 0 Å². The third kappa shape index (κ3) is 2.39. The second kappa shape index (κ2) is 4.98. The minimum Gasteiger partial charge on any atom is -0.362 e. The van der Waals surface area contributed by atoms with Crippen LogP contribution >= 0.6 is 11.6 Å². The summed E-state index contributed by atoms with van der Waals surface area (Å²) in [6.45, 7) is 4.14. The lowest BCUT2D eigenvalue weighted by atomic mass is 10.0. The Morgan fingerprint density at radius 2 is 1.93 bits per heavy atom. The molecule has 0 fully saturated rings. The van der Waals surface area contributed by atoms with Crippen LogP contribution in [0.1, 0.15) is 13.8 Å². The van der Waals surface area contributed by atoms with Gasteiger partial charge in [-0.3, -0.25) is 0 Å². The zero-order valence-corrected chi connectivity index (χ0v) is 9.68. The van der Waals surface area contributed by atoms with Gasteiger partial charge in [0, 0.05) is 19.8 Å². The molecule has 0 saturated carbocycles. The van der Waals surface area contributed by atoms with Gasteiger partial charge < -0.3 is 14.8 Å². The smallest absolute Gasteiger partial charge is 0.186 e. The first kappa shape index (κ1) is 11.8. The maximum absolute atomic E-state index is 6.09. The van der Waals surface area contributed by atoms with Crippen LogP contribution < -0.4 is 10.6 Å². The van der Waals surface area contributed by atoms with Crippen molar-refractivity contribution in [1.82, 2.24) is 10.6 Å². The molecule has 0 aromatic rings. The van der Waals surface area contributed by atoms with Gasteiger partial charge in [-0.05, 0) is 5.92 Å². The van der Waals surface area contributed by atoms with Crippen LogP contribution in [0.3, 0.4) is 0 Å². The first-order valence-electron chi connectivity index (χ1n) is 4.57. The van der Waals surface area contributed by atoms with Gasteiger partial charge in [-0.1, -0.05) is 25.4 Å². The van der Waals surface area contributed by atoms with E-state index in [4.69, 9.17) is 21.1 Å². The summed E-state index contributed by atoms with van der Waals surface area (Å²) in [5.74, 6) is 0.324. The second-order valence-corrected chi connectivity index (χ2v) is 3.84. The molecule has 2 unspecified atom stereocenters. The van der Waals surface area contributed by atoms with Gasteiger partial charge in [-0.15, -0.1) is 0 Å². The molecule has 1 rings (SSSR count). The summed E-state index contributed by atoms with van der Waals surface area (Å²) in [6, 6.07) is 0. The molecular formula is C9H17ClN2O2. The van der Waals surface area contributed by atoms with Crippen LogP contribution in [-0.4, -0.2) is 26.8 Å². The number of hydrogen-bond acceptors (Lipinski definition) is 4. The molecule has 0 aromatic heterocycles. The Labute approximate surface area is 89.6 Å². The normalized spacial score (nSPS) is 28.1. The maximum Gasteiger partial charge on any atom is 0.186 e. The summed E-state index contributed by atoms with van der Waals surface area (Å²) < 4.78 is 10.4. The van der Waals surface area contributed by atoms with Crippen molar-refractivity contribution in [2.45, 2.75) is 26.4 Å². The van der Waals surface area contributed by atoms with Gasteiger partial charge in [0.1, 0.15) is 11.4 Å². The highest BCUT2D eigenvalue weighted by Gasteiger charge is 2.28. The predicted molar refractivity (Wildman–Crippen MR) is 55.6 cm³/mol. The topological polar surface area (TPSA) is 42.5 Å². The number of hydrogen-bond donors (Lipinski definition) is 2. The van der Waals surface area contributed by atoms with E-state index < -0.39 is 0 Å². The number of nitrogens with one attached hydrogen (secondary N) is 2. The van der Waals surface area contributed by atoms with Crippen LogP contribution in [0.5, 0.6) is 0 Å². The summed E-state index contributed by atoms with van der Waals surface area (Å²) in [5, 5.41) is 6.72. The molecule has 2 atom stereocenters. The molecule has 82 valence electrons. The number of ether oxygens (including phenoxy) is 2. The van der Waals surface area contributed by atoms with Gasteiger partial charge >= 0.3 is 0 Å². The lowest BCUT2D eigenvalue weighted by Gasteiger charge is -2.34. The molecule has 0 saturated heterocycles. The van der Waals surface area contributed by atoms with Crippen molar-refractivity contribution in [2.24, 2.45) is 5.92 Å². The summed E-state index contributed by atoms with van der Waals surface area (Å²) in [5.41, 5.74) is 1.02. The number of halogens is 1. The van der Waals surface area contributed by atoms with Crippen molar-refractivity contribution in [3.8, 4) is 0 Å². The van der Waals surface area contributed by atoms with E-state index in [1.807, 2.05) is 0 Å². The lowest BCUT2D eigenvalue weighted by Crippen LogP contribution is -2.54. The zero-order valence-electron chi connectivity index (χ0n) is 8.93. The van der Waals surface area contributed by atoms with Crippen LogP contribution in [0, 0.1) is 5.92 Å². The summed E-state index contributed by atoms with van der Waals surface area (Å²) in [7, 11) is 3.24. The van der Waals surface area contributed by atoms with Crippen LogP contribution in [0.4, 0.5) is 0 Å². The van der Waals surface area contributed by atoms with Crippen LogP contribution in [0.2, 0.25) is 0 Å². The molecule has 1 aliphatic rings. The van der Waals surface area contributed by atoms with E-state index in [9.17, 15) is 0 Å². The van der Waals surface area contributed by atoms with E-state index in [2.05, 4.69) is 24.5 Å². The highest BCUT2D eigenvalue weighted by Crippen LogP contribution is 2.24. The molecule has 5 heteroatoms. The molecule has 4 nitrogen and oxygen atoms in total. The Morgan fingerprint density at radius 1 is 1.29 bits per heavy atom. The SMILES string of the molecule is COC1NC(Cl)=C(C(C)C)C(OC)N1. The highest BCUT2D eigenvalue weighted by atomic mass is 35.5. The molecular weight excluding hydrogens is 204 g/mol. The molecule has 0 bridgehead atoms. The molecule has 2 N–H and O–H groups in total. The molecule has 0 aliphatic carbocycles. The molecule has 1 aliphatic heterocycles. The Bertz CT molecular complexity index is 231. The minimum atomic E-state index is -0.296. The van der Waals surface area contributed by atoms with E-state index in [0.29, 0.717) is 11.1 Å². The summed E-state index contributed by atoms with van der Waals surface area (Å²) in [4.78, 5) is 0. The second-order valence-electron chi connectivity index (χ2n) is 3.47. The quantitative estimate of drug-likeness (QED) is 0.702. The van der Waals surface area contributed by atoms with Gasteiger partial charge in [0.25, 0.3) is 0 Å². The first-order valence-corrected chi connectivity index (χ1v) is 4.95. The molecule has 1 heterocycles. The van der Waals surface area contributed by atoms with E-state index in [0.717, 1.165) is 5.57 Å². The van der Waals surface area contributed by atoms with Crippen molar-refractivity contribution in [3.63, 3.8) is 0 Å². The third-order valence-corrected chi connectivity index (χ3v) is 2.52. The van der Waals surface area contributed by atoms with E-state index in [1.54, 1.807) is 14.2 Å². The van der Waals surface area contributed by atoms with Crippen molar-refractivity contribution in [1.29, 1.82) is 0 Å². The fraction of sp³-hybridized carbons (Fsp3) is 0.778. The Morgan fingerprint density at radius 3 is 2.36 bits per heavy atom. The van der Waals surface area contributed by atoms with E-state index >= 15 is 0 Å².